The van der Waals surface area contributed by atoms with Crippen molar-refractivity contribution in [3.63, 3.8) is 0 Å². The minimum absolute atomic E-state index is 0.355. The Labute approximate surface area is 170 Å². The van der Waals surface area contributed by atoms with Gasteiger partial charge in [0.2, 0.25) is 0 Å². The van der Waals surface area contributed by atoms with Crippen LogP contribution >= 0.6 is 0 Å². The predicted molar refractivity (Wildman–Crippen MR) is 76.9 cm³/mol. The molecular formula is C15H13F13O4. The van der Waals surface area contributed by atoms with E-state index in [-0.39, 0.29) is 6.08 Å². The normalized spacial score (nSPS) is 16.9. The van der Waals surface area contributed by atoms with Crippen molar-refractivity contribution in [1.82, 2.24) is 0 Å². The van der Waals surface area contributed by atoms with Crippen LogP contribution in [-0.2, 0) is 14.3 Å². The molecule has 0 amide bonds. The van der Waals surface area contributed by atoms with E-state index in [1.165, 1.54) is 0 Å². The fourth-order valence-electron chi connectivity index (χ4n) is 1.81. The number of aliphatic carboxylic acids is 1. The van der Waals surface area contributed by atoms with Gasteiger partial charge in [-0.25, -0.2) is 14.0 Å². The van der Waals surface area contributed by atoms with Crippen molar-refractivity contribution in [2.45, 2.75) is 62.2 Å². The van der Waals surface area contributed by atoms with E-state index in [1.807, 2.05) is 0 Å². The fourth-order valence-corrected chi connectivity index (χ4v) is 1.81. The maximum atomic E-state index is 14.0. The molecule has 0 saturated carbocycles. The Morgan fingerprint density at radius 1 is 0.688 bits per heavy atom. The van der Waals surface area contributed by atoms with E-state index in [0.29, 0.717) is 13.8 Å². The van der Waals surface area contributed by atoms with Gasteiger partial charge in [-0.3, -0.25) is 0 Å². The van der Waals surface area contributed by atoms with Crippen molar-refractivity contribution in [1.29, 1.82) is 0 Å². The van der Waals surface area contributed by atoms with Crippen LogP contribution in [0.2, 0.25) is 0 Å². The van der Waals surface area contributed by atoms with Crippen molar-refractivity contribution in [3.8, 4) is 0 Å². The number of carbonyl (C=O) groups is 2. The summed E-state index contributed by atoms with van der Waals surface area (Å²) in [6.07, 6.45) is -8.00. The monoisotopic (exact) mass is 504 g/mol. The Bertz CT molecular complexity index is 756. The second-order valence-corrected chi connectivity index (χ2v) is 6.71. The zero-order valence-electron chi connectivity index (χ0n) is 15.8. The summed E-state index contributed by atoms with van der Waals surface area (Å²) in [5.74, 6) is -45.7. The first kappa shape index (κ1) is 29.8. The van der Waals surface area contributed by atoms with Crippen molar-refractivity contribution in [2.24, 2.45) is 5.92 Å². The van der Waals surface area contributed by atoms with Gasteiger partial charge < -0.3 is 9.84 Å². The molecule has 17 heteroatoms. The Morgan fingerprint density at radius 3 is 1.38 bits per heavy atom. The molecule has 4 nitrogen and oxygen atoms in total. The lowest BCUT2D eigenvalue weighted by molar-refractivity contribution is -0.457. The third-order valence-electron chi connectivity index (χ3n) is 4.23. The summed E-state index contributed by atoms with van der Waals surface area (Å²) >= 11 is 0. The number of hydrogen-bond acceptors (Lipinski definition) is 3. The molecule has 0 fully saturated rings. The first-order valence-electron chi connectivity index (χ1n) is 7.85. The van der Waals surface area contributed by atoms with Crippen molar-refractivity contribution in [3.05, 3.63) is 12.2 Å². The number of hydrogen-bond donors (Lipinski definition) is 1. The molecule has 0 aliphatic carbocycles. The summed E-state index contributed by atoms with van der Waals surface area (Å²) in [6, 6.07) is 0. The number of halogens is 13. The highest BCUT2D eigenvalue weighted by atomic mass is 19.4. The first-order chi connectivity index (χ1) is 13.8. The van der Waals surface area contributed by atoms with Gasteiger partial charge in [-0.15, -0.1) is 0 Å². The number of carbonyl (C=O) groups excluding carboxylic acids is 1. The number of carboxylic acids is 1. The van der Waals surface area contributed by atoms with Gasteiger partial charge >= 0.3 is 47.7 Å². The van der Waals surface area contributed by atoms with E-state index in [2.05, 4.69) is 4.74 Å². The van der Waals surface area contributed by atoms with Gasteiger partial charge in [0.1, 0.15) is 0 Å². The molecule has 0 saturated heterocycles. The average Bonchev–Trinajstić information content (AvgIpc) is 2.58. The predicted octanol–water partition coefficient (Wildman–Crippen LogP) is 5.32. The van der Waals surface area contributed by atoms with Crippen LogP contribution in [0.25, 0.3) is 0 Å². The first-order valence-corrected chi connectivity index (χ1v) is 7.85. The Hall–Kier alpha value is -2.23. The van der Waals surface area contributed by atoms with Gasteiger partial charge in [0.25, 0.3) is 0 Å². The minimum atomic E-state index is -8.08. The Balaban J connectivity index is 6.49. The molecule has 188 valence electrons. The second kappa shape index (κ2) is 8.28. The maximum absolute atomic E-state index is 14.0. The number of rotatable bonds is 10. The van der Waals surface area contributed by atoms with Crippen LogP contribution in [0.4, 0.5) is 57.1 Å². The van der Waals surface area contributed by atoms with Crippen LogP contribution in [-0.4, -0.2) is 58.4 Å². The summed E-state index contributed by atoms with van der Waals surface area (Å²) in [5, 5.41) is 8.09. The highest BCUT2D eigenvalue weighted by Gasteiger charge is 2.93. The van der Waals surface area contributed by atoms with E-state index in [1.54, 1.807) is 0 Å². The van der Waals surface area contributed by atoms with Gasteiger partial charge in [-0.05, 0) is 12.8 Å². The second-order valence-electron chi connectivity index (χ2n) is 6.71. The van der Waals surface area contributed by atoms with Crippen LogP contribution in [0.15, 0.2) is 12.2 Å². The molecular weight excluding hydrogens is 491 g/mol. The summed E-state index contributed by atoms with van der Waals surface area (Å²) in [6.45, 7) is 0.378. The van der Waals surface area contributed by atoms with E-state index < -0.39 is 72.2 Å². The van der Waals surface area contributed by atoms with Crippen LogP contribution < -0.4 is 0 Å². The molecule has 0 aromatic heterocycles. The molecule has 0 aromatic rings. The number of esters is 1. The lowest BCUT2D eigenvalue weighted by Crippen LogP contribution is -2.73. The highest BCUT2D eigenvalue weighted by Crippen LogP contribution is 2.62. The molecule has 0 aliphatic rings. The van der Waals surface area contributed by atoms with Crippen LogP contribution in [0.5, 0.6) is 0 Å². The van der Waals surface area contributed by atoms with E-state index >= 15 is 0 Å². The smallest absolute Gasteiger partial charge is 0.473 e. The zero-order chi connectivity index (χ0) is 26.4. The van der Waals surface area contributed by atoms with E-state index in [4.69, 9.17) is 5.11 Å². The molecule has 0 rings (SSSR count). The molecule has 32 heavy (non-hydrogen) atoms. The Morgan fingerprint density at radius 2 is 1.03 bits per heavy atom. The van der Waals surface area contributed by atoms with E-state index in [9.17, 15) is 66.7 Å². The van der Waals surface area contributed by atoms with Gasteiger partial charge in [-0.2, -0.15) is 52.7 Å². The van der Waals surface area contributed by atoms with Crippen LogP contribution in [0.1, 0.15) is 20.8 Å². The third-order valence-corrected chi connectivity index (χ3v) is 4.23. The maximum Gasteiger partial charge on any atom is 0.473 e. The van der Waals surface area contributed by atoms with Crippen molar-refractivity contribution in [2.75, 3.05) is 0 Å². The lowest BCUT2D eigenvalue weighted by Gasteiger charge is -2.44. The van der Waals surface area contributed by atoms with Crippen molar-refractivity contribution >= 4 is 11.9 Å². The van der Waals surface area contributed by atoms with Crippen molar-refractivity contribution < 1.29 is 76.5 Å². The Kier molecular flexibility index (Phi) is 7.70. The molecule has 1 N–H and O–H groups in total. The van der Waals surface area contributed by atoms with Gasteiger partial charge in [0.05, 0.1) is 0 Å². The molecule has 1 atom stereocenters. The number of alkyl halides is 13. The molecule has 0 aliphatic heterocycles. The molecule has 1 unspecified atom stereocenters. The molecule has 0 aromatic carbocycles. The highest BCUT2D eigenvalue weighted by molar-refractivity contribution is 5.90. The van der Waals surface area contributed by atoms with Crippen LogP contribution in [0, 0.1) is 5.92 Å². The summed E-state index contributed by atoms with van der Waals surface area (Å²) in [4.78, 5) is 20.9. The molecule has 0 radical (unpaired) electrons. The molecule has 0 bridgehead atoms. The lowest BCUT2D eigenvalue weighted by atomic mass is 9.80. The zero-order valence-corrected chi connectivity index (χ0v) is 15.8. The van der Waals surface area contributed by atoms with E-state index in [0.717, 1.165) is 0 Å². The fraction of sp³-hybridized carbons (Fsp3) is 0.733. The summed E-state index contributed by atoms with van der Waals surface area (Å²) < 4.78 is 180. The number of ether oxygens (including phenoxy) is 1. The van der Waals surface area contributed by atoms with Gasteiger partial charge in [-0.1, -0.05) is 13.8 Å². The summed E-state index contributed by atoms with van der Waals surface area (Å²) in [7, 11) is 0. The molecule has 0 spiro atoms. The topological polar surface area (TPSA) is 63.6 Å². The minimum Gasteiger partial charge on any atom is -0.478 e. The largest absolute Gasteiger partial charge is 0.478 e. The average molecular weight is 504 g/mol. The quantitative estimate of drug-likeness (QED) is 0.249. The van der Waals surface area contributed by atoms with Gasteiger partial charge in [0, 0.05) is 12.2 Å². The van der Waals surface area contributed by atoms with Crippen LogP contribution in [0.3, 0.4) is 0 Å². The SMILES string of the molecule is CC(C)C(C)(F)C(F)(F)C(F)(F)C(F)(F)C(F)(F)C(F)(F)C(F)(F)OC(=O)C=CC(=O)O. The third kappa shape index (κ3) is 4.33. The molecule has 0 heterocycles. The van der Waals surface area contributed by atoms with Gasteiger partial charge in [0.15, 0.2) is 5.67 Å². The number of carboxylic acid groups (broad SMARTS) is 1. The standard InChI is InChI=1S/C15H13F13O4/c1-6(2)9(3,16)10(17,18)11(19,20)12(21,22)13(23,24)14(25,26)15(27,28)32-8(31)5-4-7(29)30/h4-6H,1-3H3,(H,29,30). The summed E-state index contributed by atoms with van der Waals surface area (Å²) in [5.41, 5.74) is -4.73.